The predicted octanol–water partition coefficient (Wildman–Crippen LogP) is 3.10. The molecule has 3 heterocycles. The molecule has 25 heavy (non-hydrogen) atoms. The van der Waals surface area contributed by atoms with Crippen LogP contribution in [0.25, 0.3) is 11.0 Å². The van der Waals surface area contributed by atoms with Crippen LogP contribution in [0.2, 0.25) is 0 Å². The molecule has 1 aliphatic carbocycles. The van der Waals surface area contributed by atoms with Gasteiger partial charge < -0.3 is 5.32 Å². The second-order valence-electron chi connectivity index (χ2n) is 7.21. The van der Waals surface area contributed by atoms with Crippen LogP contribution in [0.4, 0.5) is 5.82 Å². The molecule has 7 nitrogen and oxygen atoms in total. The van der Waals surface area contributed by atoms with Crippen molar-refractivity contribution in [3.8, 4) is 0 Å². The fourth-order valence-electron chi connectivity index (χ4n) is 3.69. The number of fused-ring (bicyclic) bond motifs is 1. The van der Waals surface area contributed by atoms with Crippen LogP contribution < -0.4 is 5.32 Å². The van der Waals surface area contributed by atoms with Crippen molar-refractivity contribution in [2.75, 3.05) is 5.32 Å². The lowest BCUT2D eigenvalue weighted by Crippen LogP contribution is -2.20. The number of aromatic amines is 1. The zero-order valence-electron chi connectivity index (χ0n) is 15.1. The monoisotopic (exact) mass is 339 g/mol. The van der Waals surface area contributed by atoms with Crippen molar-refractivity contribution < 1.29 is 0 Å². The molecule has 4 rings (SSSR count). The van der Waals surface area contributed by atoms with E-state index in [2.05, 4.69) is 33.6 Å². The standard InChI is InChI=1S/C18H25N7/c1-11(8-14-9-12(2)23-24-14)20-17-15-10-19-25(3)18(15)22-16(21-17)13-6-4-5-7-13/h9-11,13H,4-8H2,1-3H3,(H,23,24)(H,20,21,22)/t11-/m1/s1. The lowest BCUT2D eigenvalue weighted by Gasteiger charge is -2.16. The third-order valence-electron chi connectivity index (χ3n) is 4.99. The van der Waals surface area contributed by atoms with Gasteiger partial charge in [-0.25, -0.2) is 9.97 Å². The second kappa shape index (κ2) is 6.46. The van der Waals surface area contributed by atoms with Crippen LogP contribution in [0, 0.1) is 6.92 Å². The van der Waals surface area contributed by atoms with Crippen LogP contribution in [0.3, 0.4) is 0 Å². The van der Waals surface area contributed by atoms with E-state index >= 15 is 0 Å². The van der Waals surface area contributed by atoms with Gasteiger partial charge in [-0.3, -0.25) is 9.78 Å². The van der Waals surface area contributed by atoms with E-state index in [1.165, 1.54) is 25.7 Å². The van der Waals surface area contributed by atoms with Crippen LogP contribution in [-0.4, -0.2) is 36.0 Å². The highest BCUT2D eigenvalue weighted by atomic mass is 15.3. The van der Waals surface area contributed by atoms with Gasteiger partial charge in [-0.2, -0.15) is 10.2 Å². The Kier molecular flexibility index (Phi) is 4.15. The van der Waals surface area contributed by atoms with E-state index in [1.54, 1.807) is 0 Å². The zero-order valence-corrected chi connectivity index (χ0v) is 15.1. The van der Waals surface area contributed by atoms with Crippen molar-refractivity contribution in [2.24, 2.45) is 7.05 Å². The highest BCUT2D eigenvalue weighted by Gasteiger charge is 2.23. The van der Waals surface area contributed by atoms with Gasteiger partial charge >= 0.3 is 0 Å². The minimum absolute atomic E-state index is 0.220. The number of nitrogens with zero attached hydrogens (tertiary/aromatic N) is 5. The Labute approximate surface area is 147 Å². The SMILES string of the molecule is Cc1cc(C[C@@H](C)Nc2nc(C3CCCC3)nc3c2cnn3C)n[nH]1. The summed E-state index contributed by atoms with van der Waals surface area (Å²) in [5, 5.41) is 16.2. The van der Waals surface area contributed by atoms with Crippen molar-refractivity contribution in [3.05, 3.63) is 29.5 Å². The van der Waals surface area contributed by atoms with E-state index in [0.717, 1.165) is 40.5 Å². The molecule has 1 saturated carbocycles. The number of aromatic nitrogens is 6. The molecule has 132 valence electrons. The predicted molar refractivity (Wildman–Crippen MR) is 97.6 cm³/mol. The third-order valence-corrected chi connectivity index (χ3v) is 4.99. The van der Waals surface area contributed by atoms with Crippen molar-refractivity contribution in [2.45, 2.75) is 57.9 Å². The summed E-state index contributed by atoms with van der Waals surface area (Å²) in [5.41, 5.74) is 3.05. The number of rotatable bonds is 5. The molecule has 0 radical (unpaired) electrons. The van der Waals surface area contributed by atoms with Crippen LogP contribution in [0.5, 0.6) is 0 Å². The van der Waals surface area contributed by atoms with E-state index in [4.69, 9.17) is 9.97 Å². The van der Waals surface area contributed by atoms with Crippen molar-refractivity contribution in [1.29, 1.82) is 0 Å². The maximum atomic E-state index is 4.88. The first-order chi connectivity index (χ1) is 12.1. The summed E-state index contributed by atoms with van der Waals surface area (Å²) in [7, 11) is 1.94. The second-order valence-corrected chi connectivity index (χ2v) is 7.21. The average Bonchev–Trinajstić information content (AvgIpc) is 3.30. The van der Waals surface area contributed by atoms with E-state index < -0.39 is 0 Å². The summed E-state index contributed by atoms with van der Waals surface area (Å²) in [6, 6.07) is 2.30. The fourth-order valence-corrected chi connectivity index (χ4v) is 3.69. The summed E-state index contributed by atoms with van der Waals surface area (Å²) >= 11 is 0. The summed E-state index contributed by atoms with van der Waals surface area (Å²) in [6.07, 6.45) is 7.61. The smallest absolute Gasteiger partial charge is 0.163 e. The molecule has 0 amide bonds. The first-order valence-electron chi connectivity index (χ1n) is 9.07. The number of aryl methyl sites for hydroxylation is 2. The van der Waals surface area contributed by atoms with Gasteiger partial charge in [0.2, 0.25) is 0 Å². The lowest BCUT2D eigenvalue weighted by molar-refractivity contribution is 0.665. The first kappa shape index (κ1) is 16.1. The third kappa shape index (κ3) is 3.23. The minimum atomic E-state index is 0.220. The van der Waals surface area contributed by atoms with Gasteiger partial charge in [-0.1, -0.05) is 12.8 Å². The Bertz CT molecular complexity index is 873. The van der Waals surface area contributed by atoms with Gasteiger partial charge in [-0.05, 0) is 32.8 Å². The van der Waals surface area contributed by atoms with Crippen LogP contribution in [-0.2, 0) is 13.5 Å². The van der Waals surface area contributed by atoms with Crippen LogP contribution >= 0.6 is 0 Å². The van der Waals surface area contributed by atoms with Gasteiger partial charge in [0.1, 0.15) is 11.6 Å². The highest BCUT2D eigenvalue weighted by Crippen LogP contribution is 2.34. The van der Waals surface area contributed by atoms with Crippen LogP contribution in [0.15, 0.2) is 12.3 Å². The normalized spacial score (nSPS) is 16.6. The van der Waals surface area contributed by atoms with Crippen molar-refractivity contribution >= 4 is 16.9 Å². The summed E-state index contributed by atoms with van der Waals surface area (Å²) in [5.74, 6) is 2.32. The fraction of sp³-hybridized carbons (Fsp3) is 0.556. The zero-order chi connectivity index (χ0) is 17.4. The molecule has 0 saturated heterocycles. The molecule has 1 fully saturated rings. The molecule has 3 aromatic rings. The maximum Gasteiger partial charge on any atom is 0.163 e. The van der Waals surface area contributed by atoms with Crippen molar-refractivity contribution in [3.63, 3.8) is 0 Å². The van der Waals surface area contributed by atoms with Gasteiger partial charge in [0, 0.05) is 31.1 Å². The molecule has 0 aromatic carbocycles. The molecule has 2 N–H and O–H groups in total. The molecular formula is C18H25N7. The van der Waals surface area contributed by atoms with Gasteiger partial charge in [-0.15, -0.1) is 0 Å². The van der Waals surface area contributed by atoms with Gasteiger partial charge in [0.05, 0.1) is 17.3 Å². The minimum Gasteiger partial charge on any atom is -0.367 e. The average molecular weight is 339 g/mol. The number of hydrogen-bond donors (Lipinski definition) is 2. The Morgan fingerprint density at radius 1 is 1.32 bits per heavy atom. The molecule has 0 bridgehead atoms. The van der Waals surface area contributed by atoms with E-state index in [9.17, 15) is 0 Å². The largest absolute Gasteiger partial charge is 0.367 e. The molecule has 0 unspecified atom stereocenters. The Morgan fingerprint density at radius 3 is 2.84 bits per heavy atom. The van der Waals surface area contributed by atoms with E-state index in [-0.39, 0.29) is 6.04 Å². The Hall–Kier alpha value is -2.44. The summed E-state index contributed by atoms with van der Waals surface area (Å²) in [6.45, 7) is 4.18. The lowest BCUT2D eigenvalue weighted by atomic mass is 10.1. The molecule has 7 heteroatoms. The van der Waals surface area contributed by atoms with Crippen LogP contribution in [0.1, 0.15) is 55.7 Å². The quantitative estimate of drug-likeness (QED) is 0.746. The Balaban J connectivity index is 1.62. The maximum absolute atomic E-state index is 4.88. The van der Waals surface area contributed by atoms with E-state index in [0.29, 0.717) is 5.92 Å². The molecular weight excluding hydrogens is 314 g/mol. The topological polar surface area (TPSA) is 84.3 Å². The summed E-state index contributed by atoms with van der Waals surface area (Å²) in [4.78, 5) is 9.68. The summed E-state index contributed by atoms with van der Waals surface area (Å²) < 4.78 is 1.84. The number of hydrogen-bond acceptors (Lipinski definition) is 5. The van der Waals surface area contributed by atoms with Crippen molar-refractivity contribution in [1.82, 2.24) is 29.9 Å². The highest BCUT2D eigenvalue weighted by molar-refractivity contribution is 5.86. The van der Waals surface area contributed by atoms with Gasteiger partial charge in [0.25, 0.3) is 0 Å². The first-order valence-corrected chi connectivity index (χ1v) is 9.07. The number of H-pyrrole nitrogens is 1. The van der Waals surface area contributed by atoms with E-state index in [1.807, 2.05) is 24.9 Å². The molecule has 3 aromatic heterocycles. The van der Waals surface area contributed by atoms with Gasteiger partial charge in [0.15, 0.2) is 5.65 Å². The molecule has 0 aliphatic heterocycles. The molecule has 1 aliphatic rings. The molecule has 0 spiro atoms. The molecule has 1 atom stereocenters. The Morgan fingerprint density at radius 2 is 2.12 bits per heavy atom. The number of nitrogens with one attached hydrogen (secondary N) is 2. The number of anilines is 1.